The van der Waals surface area contributed by atoms with Crippen molar-refractivity contribution in [3.8, 4) is 5.75 Å². The molecule has 0 atom stereocenters. The lowest BCUT2D eigenvalue weighted by molar-refractivity contribution is 0.385. The van der Waals surface area contributed by atoms with Gasteiger partial charge in [0.2, 0.25) is 10.0 Å². The quantitative estimate of drug-likeness (QED) is 0.694. The Morgan fingerprint density at radius 2 is 1.48 bits per heavy atom. The molecule has 0 unspecified atom stereocenters. The molecule has 4 rings (SSSR count). The standard InChI is InChI=1S/C21H22N2O3S/c1-26-20-9-7-18-16-21(10-8-17(18)15-20)27(24,25)23-13-11-22(12-14-23)19-5-3-2-4-6-19/h2-10,15-16H,11-14H2,1H3. The molecule has 1 aliphatic rings. The lowest BCUT2D eigenvalue weighted by Gasteiger charge is -2.35. The Hall–Kier alpha value is -2.57. The molecule has 0 aliphatic carbocycles. The first kappa shape index (κ1) is 17.8. The molecular weight excluding hydrogens is 360 g/mol. The molecule has 6 heteroatoms. The van der Waals surface area contributed by atoms with Crippen molar-refractivity contribution in [1.82, 2.24) is 4.31 Å². The van der Waals surface area contributed by atoms with Gasteiger partial charge >= 0.3 is 0 Å². The van der Waals surface area contributed by atoms with Crippen LogP contribution in [0.2, 0.25) is 0 Å². The molecule has 0 saturated carbocycles. The van der Waals surface area contributed by atoms with E-state index in [1.165, 1.54) is 0 Å². The van der Waals surface area contributed by atoms with Crippen molar-refractivity contribution in [1.29, 1.82) is 0 Å². The molecule has 0 amide bonds. The second kappa shape index (κ2) is 7.21. The van der Waals surface area contributed by atoms with Gasteiger partial charge in [-0.3, -0.25) is 0 Å². The number of nitrogens with zero attached hydrogens (tertiary/aromatic N) is 2. The zero-order valence-corrected chi connectivity index (χ0v) is 16.0. The lowest BCUT2D eigenvalue weighted by atomic mass is 10.1. The summed E-state index contributed by atoms with van der Waals surface area (Å²) in [5, 5.41) is 1.85. The van der Waals surface area contributed by atoms with Crippen molar-refractivity contribution in [2.24, 2.45) is 0 Å². The minimum absolute atomic E-state index is 0.341. The molecule has 5 nitrogen and oxygen atoms in total. The summed E-state index contributed by atoms with van der Waals surface area (Å²) < 4.78 is 33.0. The number of fused-ring (bicyclic) bond motifs is 1. The third-order valence-electron chi connectivity index (χ3n) is 5.02. The number of sulfonamides is 1. The van der Waals surface area contributed by atoms with Gasteiger partial charge in [-0.15, -0.1) is 0 Å². The molecule has 1 fully saturated rings. The predicted octanol–water partition coefficient (Wildman–Crippen LogP) is 3.36. The van der Waals surface area contributed by atoms with E-state index in [1.54, 1.807) is 23.5 Å². The molecule has 3 aromatic rings. The monoisotopic (exact) mass is 382 g/mol. The van der Waals surface area contributed by atoms with Crippen molar-refractivity contribution in [2.45, 2.75) is 4.90 Å². The molecule has 0 radical (unpaired) electrons. The molecule has 140 valence electrons. The lowest BCUT2D eigenvalue weighted by Crippen LogP contribution is -2.48. The number of ether oxygens (including phenoxy) is 1. The van der Waals surface area contributed by atoms with Gasteiger partial charge in [-0.05, 0) is 47.2 Å². The highest BCUT2D eigenvalue weighted by atomic mass is 32.2. The number of piperazine rings is 1. The van der Waals surface area contributed by atoms with Crippen LogP contribution in [0, 0.1) is 0 Å². The second-order valence-corrected chi connectivity index (χ2v) is 8.54. The summed E-state index contributed by atoms with van der Waals surface area (Å²) in [5.41, 5.74) is 1.13. The molecule has 0 bridgehead atoms. The van der Waals surface area contributed by atoms with E-state index in [4.69, 9.17) is 4.74 Å². The number of rotatable bonds is 4. The Morgan fingerprint density at radius 3 is 2.19 bits per heavy atom. The van der Waals surface area contributed by atoms with Gasteiger partial charge in [0.25, 0.3) is 0 Å². The molecule has 1 aliphatic heterocycles. The SMILES string of the molecule is COc1ccc2cc(S(=O)(=O)N3CCN(c4ccccc4)CC3)ccc2c1. The van der Waals surface area contributed by atoms with Crippen LogP contribution in [0.5, 0.6) is 5.75 Å². The highest BCUT2D eigenvalue weighted by Gasteiger charge is 2.28. The summed E-state index contributed by atoms with van der Waals surface area (Å²) in [4.78, 5) is 2.56. The number of benzene rings is 3. The van der Waals surface area contributed by atoms with Crippen LogP contribution in [0.4, 0.5) is 5.69 Å². The Labute approximate surface area is 159 Å². The van der Waals surface area contributed by atoms with Gasteiger partial charge in [0.05, 0.1) is 12.0 Å². The predicted molar refractivity (Wildman–Crippen MR) is 108 cm³/mol. The van der Waals surface area contributed by atoms with Crippen molar-refractivity contribution in [3.05, 3.63) is 66.7 Å². The van der Waals surface area contributed by atoms with E-state index in [9.17, 15) is 8.42 Å². The first-order valence-electron chi connectivity index (χ1n) is 8.96. The average Bonchev–Trinajstić information content (AvgIpc) is 2.73. The van der Waals surface area contributed by atoms with Gasteiger partial charge in [-0.1, -0.05) is 30.3 Å². The van der Waals surface area contributed by atoms with Crippen LogP contribution in [0.25, 0.3) is 10.8 Å². The number of anilines is 1. The Kier molecular flexibility index (Phi) is 4.76. The maximum Gasteiger partial charge on any atom is 0.243 e. The summed E-state index contributed by atoms with van der Waals surface area (Å²) in [6.07, 6.45) is 0. The van der Waals surface area contributed by atoms with Crippen LogP contribution in [0.15, 0.2) is 71.6 Å². The van der Waals surface area contributed by atoms with E-state index in [-0.39, 0.29) is 0 Å². The molecule has 27 heavy (non-hydrogen) atoms. The van der Waals surface area contributed by atoms with Crippen LogP contribution in [-0.2, 0) is 10.0 Å². The molecule has 1 saturated heterocycles. The van der Waals surface area contributed by atoms with E-state index in [0.717, 1.165) is 22.2 Å². The first-order chi connectivity index (χ1) is 13.1. The summed E-state index contributed by atoms with van der Waals surface area (Å²) in [6, 6.07) is 21.0. The molecular formula is C21H22N2O3S. The molecule has 0 aromatic heterocycles. The minimum Gasteiger partial charge on any atom is -0.497 e. The topological polar surface area (TPSA) is 49.9 Å². The Balaban J connectivity index is 1.54. The first-order valence-corrected chi connectivity index (χ1v) is 10.4. The Bertz CT molecular complexity index is 1040. The number of methoxy groups -OCH3 is 1. The normalized spacial score (nSPS) is 15.8. The van der Waals surface area contributed by atoms with E-state index in [1.807, 2.05) is 42.5 Å². The summed E-state index contributed by atoms with van der Waals surface area (Å²) >= 11 is 0. The zero-order chi connectivity index (χ0) is 18.9. The summed E-state index contributed by atoms with van der Waals surface area (Å²) in [6.45, 7) is 2.35. The van der Waals surface area contributed by atoms with Crippen LogP contribution >= 0.6 is 0 Å². The van der Waals surface area contributed by atoms with E-state index < -0.39 is 10.0 Å². The van der Waals surface area contributed by atoms with Crippen molar-refractivity contribution in [2.75, 3.05) is 38.2 Å². The number of hydrogen-bond acceptors (Lipinski definition) is 4. The fourth-order valence-corrected chi connectivity index (χ4v) is 4.92. The van der Waals surface area contributed by atoms with Crippen LogP contribution in [0.1, 0.15) is 0 Å². The number of hydrogen-bond donors (Lipinski definition) is 0. The fourth-order valence-electron chi connectivity index (χ4n) is 3.46. The van der Waals surface area contributed by atoms with Crippen LogP contribution in [-0.4, -0.2) is 46.0 Å². The van der Waals surface area contributed by atoms with Crippen molar-refractivity contribution >= 4 is 26.5 Å². The highest BCUT2D eigenvalue weighted by Crippen LogP contribution is 2.26. The summed E-state index contributed by atoms with van der Waals surface area (Å²) in [5.74, 6) is 0.759. The molecule has 0 spiro atoms. The van der Waals surface area contributed by atoms with Crippen molar-refractivity contribution < 1.29 is 13.2 Å². The van der Waals surface area contributed by atoms with E-state index in [2.05, 4.69) is 17.0 Å². The van der Waals surface area contributed by atoms with E-state index in [0.29, 0.717) is 31.1 Å². The van der Waals surface area contributed by atoms with Gasteiger partial charge < -0.3 is 9.64 Å². The molecule has 0 N–H and O–H groups in total. The summed E-state index contributed by atoms with van der Waals surface area (Å²) in [7, 11) is -1.88. The third-order valence-corrected chi connectivity index (χ3v) is 6.91. The average molecular weight is 382 g/mol. The molecule has 3 aromatic carbocycles. The smallest absolute Gasteiger partial charge is 0.243 e. The zero-order valence-electron chi connectivity index (χ0n) is 15.2. The van der Waals surface area contributed by atoms with Gasteiger partial charge in [0.15, 0.2) is 0 Å². The largest absolute Gasteiger partial charge is 0.497 e. The van der Waals surface area contributed by atoms with Crippen LogP contribution in [0.3, 0.4) is 0 Å². The van der Waals surface area contributed by atoms with Gasteiger partial charge in [-0.25, -0.2) is 8.42 Å². The second-order valence-electron chi connectivity index (χ2n) is 6.60. The van der Waals surface area contributed by atoms with Gasteiger partial charge in [0.1, 0.15) is 5.75 Å². The van der Waals surface area contributed by atoms with Crippen LogP contribution < -0.4 is 9.64 Å². The number of para-hydroxylation sites is 1. The van der Waals surface area contributed by atoms with Gasteiger partial charge in [0, 0.05) is 31.9 Å². The maximum absolute atomic E-state index is 13.1. The minimum atomic E-state index is -3.50. The van der Waals surface area contributed by atoms with E-state index >= 15 is 0 Å². The van der Waals surface area contributed by atoms with Gasteiger partial charge in [-0.2, -0.15) is 4.31 Å². The Morgan fingerprint density at radius 1 is 0.815 bits per heavy atom. The highest BCUT2D eigenvalue weighted by molar-refractivity contribution is 7.89. The third kappa shape index (κ3) is 3.50. The fraction of sp³-hybridized carbons (Fsp3) is 0.238. The maximum atomic E-state index is 13.1. The van der Waals surface area contributed by atoms with Crippen molar-refractivity contribution in [3.63, 3.8) is 0 Å². The molecule has 1 heterocycles.